The number of alkyl halides is 3. The zero-order valence-corrected chi connectivity index (χ0v) is 18.0. The first-order valence-electron chi connectivity index (χ1n) is 11.0. The molecule has 31 heavy (non-hydrogen) atoms. The molecule has 0 aromatic heterocycles. The fourth-order valence-electron chi connectivity index (χ4n) is 5.33. The smallest absolute Gasteiger partial charge is 0.300 e. The third-order valence-electron chi connectivity index (χ3n) is 6.77. The Balaban J connectivity index is 1.49. The predicted molar refractivity (Wildman–Crippen MR) is 116 cm³/mol. The van der Waals surface area contributed by atoms with Gasteiger partial charge in [-0.2, -0.15) is 13.2 Å². The number of benzene rings is 2. The summed E-state index contributed by atoms with van der Waals surface area (Å²) in [6.07, 6.45) is 1.52. The van der Waals surface area contributed by atoms with Crippen molar-refractivity contribution in [2.75, 3.05) is 18.0 Å². The molecule has 3 nitrogen and oxygen atoms in total. The van der Waals surface area contributed by atoms with E-state index in [9.17, 15) is 18.0 Å². The first-order chi connectivity index (χ1) is 14.9. The van der Waals surface area contributed by atoms with Crippen LogP contribution in [0.3, 0.4) is 0 Å². The van der Waals surface area contributed by atoms with Crippen molar-refractivity contribution < 1.29 is 18.0 Å². The number of carbonyl (C=O) groups is 1. The molecule has 0 bridgehead atoms. The molecule has 0 unspecified atom stereocenters. The molecule has 7 heteroatoms. The van der Waals surface area contributed by atoms with Crippen LogP contribution >= 0.6 is 11.8 Å². The molecule has 2 atom stereocenters. The molecule has 1 amide bonds. The summed E-state index contributed by atoms with van der Waals surface area (Å²) >= 11 is 1.42. The van der Waals surface area contributed by atoms with Gasteiger partial charge in [-0.1, -0.05) is 30.3 Å². The maximum Gasteiger partial charge on any atom is 0.416 e. The van der Waals surface area contributed by atoms with Crippen LogP contribution in [-0.2, 0) is 11.0 Å². The van der Waals surface area contributed by atoms with Gasteiger partial charge >= 0.3 is 6.18 Å². The number of halogens is 3. The minimum absolute atomic E-state index is 0.106. The van der Waals surface area contributed by atoms with Gasteiger partial charge in [-0.15, -0.1) is 0 Å². The Morgan fingerprint density at radius 2 is 1.74 bits per heavy atom. The van der Waals surface area contributed by atoms with E-state index in [2.05, 4.69) is 4.90 Å². The monoisotopic (exact) mass is 446 g/mol. The molecule has 0 N–H and O–H groups in total. The fourth-order valence-corrected chi connectivity index (χ4v) is 6.37. The molecule has 2 saturated heterocycles. The molecular formula is C24H25F3N2OS. The Kier molecular flexibility index (Phi) is 5.51. The molecule has 5 rings (SSSR count). The van der Waals surface area contributed by atoms with Crippen molar-refractivity contribution in [3.63, 3.8) is 0 Å². The standard InChI is InChI=1S/C24H25F3N2OS/c25-24(26,27)17-10-11-22-20(15-17)29(19-8-1-2-9-21(19)31-22)23(30)14-16-6-5-13-28-12-4-3-7-18(16)28/h1-2,8-11,15-16,18H,3-7,12-14H2/t16-,18+/m0/s1. The number of anilines is 2. The third kappa shape index (κ3) is 3.98. The van der Waals surface area contributed by atoms with E-state index in [0.29, 0.717) is 28.7 Å². The first kappa shape index (κ1) is 20.9. The maximum absolute atomic E-state index is 13.6. The second kappa shape index (κ2) is 8.17. The number of piperidine rings is 2. The summed E-state index contributed by atoms with van der Waals surface area (Å²) in [6, 6.07) is 11.6. The number of fused-ring (bicyclic) bond motifs is 3. The number of hydrogen-bond acceptors (Lipinski definition) is 3. The lowest BCUT2D eigenvalue weighted by Gasteiger charge is -2.44. The lowest BCUT2D eigenvalue weighted by Crippen LogP contribution is -2.49. The van der Waals surface area contributed by atoms with Crippen LogP contribution in [0.5, 0.6) is 0 Å². The number of amides is 1. The number of carbonyl (C=O) groups excluding carboxylic acids is 1. The Morgan fingerprint density at radius 3 is 2.58 bits per heavy atom. The van der Waals surface area contributed by atoms with Crippen molar-refractivity contribution in [1.29, 1.82) is 0 Å². The Labute approximate surface area is 184 Å². The van der Waals surface area contributed by atoms with Crippen LogP contribution < -0.4 is 4.90 Å². The van der Waals surface area contributed by atoms with E-state index in [0.717, 1.165) is 49.4 Å². The summed E-state index contributed by atoms with van der Waals surface area (Å²) in [5, 5.41) is 0. The summed E-state index contributed by atoms with van der Waals surface area (Å²) < 4.78 is 40.3. The molecule has 2 fully saturated rings. The van der Waals surface area contributed by atoms with E-state index < -0.39 is 11.7 Å². The van der Waals surface area contributed by atoms with Crippen molar-refractivity contribution in [3.8, 4) is 0 Å². The summed E-state index contributed by atoms with van der Waals surface area (Å²) in [7, 11) is 0. The largest absolute Gasteiger partial charge is 0.416 e. The van der Waals surface area contributed by atoms with Gasteiger partial charge in [0.05, 0.1) is 16.9 Å². The van der Waals surface area contributed by atoms with Crippen LogP contribution in [0.1, 0.15) is 44.1 Å². The summed E-state index contributed by atoms with van der Waals surface area (Å²) in [5.41, 5.74) is 0.306. The SMILES string of the molecule is O=C(C[C@@H]1CCCN2CCCC[C@H]12)N1c2ccccc2Sc2ccc(C(F)(F)F)cc21. The normalized spacial score (nSPS) is 23.6. The van der Waals surface area contributed by atoms with E-state index in [4.69, 9.17) is 0 Å². The van der Waals surface area contributed by atoms with E-state index in [1.807, 2.05) is 24.3 Å². The average molecular weight is 447 g/mol. The molecule has 164 valence electrons. The van der Waals surface area contributed by atoms with Crippen molar-refractivity contribution in [3.05, 3.63) is 48.0 Å². The molecule has 0 radical (unpaired) electrons. The van der Waals surface area contributed by atoms with Gasteiger partial charge in [0, 0.05) is 22.3 Å². The summed E-state index contributed by atoms with van der Waals surface area (Å²) in [4.78, 5) is 19.3. The van der Waals surface area contributed by atoms with E-state index >= 15 is 0 Å². The molecular weight excluding hydrogens is 421 g/mol. The molecule has 3 heterocycles. The Morgan fingerprint density at radius 1 is 0.968 bits per heavy atom. The fraction of sp³-hybridized carbons (Fsp3) is 0.458. The lowest BCUT2D eigenvalue weighted by molar-refractivity contribution is -0.137. The van der Waals surface area contributed by atoms with Gasteiger partial charge in [0.15, 0.2) is 0 Å². The van der Waals surface area contributed by atoms with Crippen LogP contribution in [0.2, 0.25) is 0 Å². The maximum atomic E-state index is 13.6. The van der Waals surface area contributed by atoms with Crippen molar-refractivity contribution in [1.82, 2.24) is 4.90 Å². The van der Waals surface area contributed by atoms with Gasteiger partial charge < -0.3 is 4.90 Å². The first-order valence-corrected chi connectivity index (χ1v) is 11.8. The topological polar surface area (TPSA) is 23.6 Å². The molecule has 0 saturated carbocycles. The quantitative estimate of drug-likeness (QED) is 0.527. The van der Waals surface area contributed by atoms with Gasteiger partial charge in [0.1, 0.15) is 0 Å². The van der Waals surface area contributed by atoms with Crippen LogP contribution in [0.25, 0.3) is 0 Å². The minimum Gasteiger partial charge on any atom is -0.300 e. The molecule has 3 aliphatic rings. The number of rotatable bonds is 2. The van der Waals surface area contributed by atoms with Gasteiger partial charge in [0.25, 0.3) is 0 Å². The highest BCUT2D eigenvalue weighted by molar-refractivity contribution is 7.99. The van der Waals surface area contributed by atoms with Crippen LogP contribution in [0.4, 0.5) is 24.5 Å². The predicted octanol–water partition coefficient (Wildman–Crippen LogP) is 6.49. The second-order valence-electron chi connectivity index (χ2n) is 8.68. The Bertz CT molecular complexity index is 991. The summed E-state index contributed by atoms with van der Waals surface area (Å²) in [5.74, 6) is 0.156. The molecule has 0 spiro atoms. The highest BCUT2D eigenvalue weighted by atomic mass is 32.2. The van der Waals surface area contributed by atoms with Crippen molar-refractivity contribution in [2.24, 2.45) is 5.92 Å². The van der Waals surface area contributed by atoms with Crippen molar-refractivity contribution in [2.45, 2.75) is 60.5 Å². The summed E-state index contributed by atoms with van der Waals surface area (Å²) in [6.45, 7) is 2.19. The second-order valence-corrected chi connectivity index (χ2v) is 9.77. The van der Waals surface area contributed by atoms with E-state index in [1.165, 1.54) is 35.6 Å². The molecule has 0 aliphatic carbocycles. The molecule has 2 aromatic carbocycles. The van der Waals surface area contributed by atoms with Crippen LogP contribution in [0, 0.1) is 5.92 Å². The average Bonchev–Trinajstić information content (AvgIpc) is 2.76. The number of para-hydroxylation sites is 1. The van der Waals surface area contributed by atoms with E-state index in [-0.39, 0.29) is 11.8 Å². The third-order valence-corrected chi connectivity index (χ3v) is 7.90. The van der Waals surface area contributed by atoms with E-state index in [1.54, 1.807) is 0 Å². The van der Waals surface area contributed by atoms with Gasteiger partial charge in [-0.05, 0) is 75.0 Å². The van der Waals surface area contributed by atoms with Gasteiger partial charge in [0.2, 0.25) is 5.91 Å². The zero-order chi connectivity index (χ0) is 21.6. The van der Waals surface area contributed by atoms with Crippen LogP contribution in [-0.4, -0.2) is 29.9 Å². The van der Waals surface area contributed by atoms with Crippen molar-refractivity contribution >= 4 is 29.0 Å². The molecule has 3 aliphatic heterocycles. The Hall–Kier alpha value is -1.99. The molecule has 2 aromatic rings. The highest BCUT2D eigenvalue weighted by Crippen LogP contribution is 2.50. The van der Waals surface area contributed by atoms with Gasteiger partial charge in [-0.25, -0.2) is 0 Å². The minimum atomic E-state index is -4.45. The van der Waals surface area contributed by atoms with Gasteiger partial charge in [-0.3, -0.25) is 9.69 Å². The number of hydrogen-bond donors (Lipinski definition) is 0. The van der Waals surface area contributed by atoms with Crippen LogP contribution in [0.15, 0.2) is 52.3 Å². The zero-order valence-electron chi connectivity index (χ0n) is 17.2. The lowest BCUT2D eigenvalue weighted by atomic mass is 9.81. The number of nitrogens with zero attached hydrogens (tertiary/aromatic N) is 2. The highest BCUT2D eigenvalue weighted by Gasteiger charge is 2.38.